The second-order valence-corrected chi connectivity index (χ2v) is 6.09. The summed E-state index contributed by atoms with van der Waals surface area (Å²) < 4.78 is 13.8. The summed E-state index contributed by atoms with van der Waals surface area (Å²) in [6, 6.07) is 4.82. The van der Waals surface area contributed by atoms with Crippen LogP contribution in [-0.2, 0) is 6.42 Å². The van der Waals surface area contributed by atoms with Crippen LogP contribution in [0.15, 0.2) is 18.2 Å². The maximum absolute atomic E-state index is 13.8. The zero-order valence-corrected chi connectivity index (χ0v) is 13.0. The van der Waals surface area contributed by atoms with E-state index < -0.39 is 0 Å². The van der Waals surface area contributed by atoms with E-state index in [1.165, 1.54) is 6.07 Å². The molecule has 0 aliphatic heterocycles. The molecule has 1 nitrogen and oxygen atoms in total. The average molecular weight is 286 g/mol. The van der Waals surface area contributed by atoms with E-state index >= 15 is 0 Å². The molecule has 0 saturated carbocycles. The van der Waals surface area contributed by atoms with Gasteiger partial charge in [-0.2, -0.15) is 0 Å². The molecule has 1 N–H and O–H groups in total. The van der Waals surface area contributed by atoms with E-state index in [1.54, 1.807) is 12.1 Å². The minimum atomic E-state index is -0.151. The molecule has 3 heteroatoms. The van der Waals surface area contributed by atoms with Crippen molar-refractivity contribution in [2.75, 3.05) is 13.1 Å². The first-order valence-corrected chi connectivity index (χ1v) is 7.53. The van der Waals surface area contributed by atoms with Gasteiger partial charge in [0.25, 0.3) is 0 Å². The van der Waals surface area contributed by atoms with E-state index in [0.717, 1.165) is 44.3 Å². The van der Waals surface area contributed by atoms with E-state index in [2.05, 4.69) is 26.1 Å². The number of hydrogen-bond donors (Lipinski definition) is 1. The van der Waals surface area contributed by atoms with Gasteiger partial charge in [0.2, 0.25) is 0 Å². The van der Waals surface area contributed by atoms with Gasteiger partial charge in [0.1, 0.15) is 5.82 Å². The van der Waals surface area contributed by atoms with Gasteiger partial charge in [-0.15, -0.1) is 0 Å². The molecule has 0 aliphatic rings. The van der Waals surface area contributed by atoms with Crippen molar-refractivity contribution in [1.29, 1.82) is 0 Å². The normalized spacial score (nSPS) is 14.4. The highest BCUT2D eigenvalue weighted by molar-refractivity contribution is 6.30. The summed E-state index contributed by atoms with van der Waals surface area (Å²) in [4.78, 5) is 0. The second kappa shape index (κ2) is 7.86. The number of halogens is 2. The molecule has 0 spiro atoms. The van der Waals surface area contributed by atoms with Crippen LogP contribution in [0, 0.1) is 11.2 Å². The van der Waals surface area contributed by atoms with Crippen LogP contribution in [-0.4, -0.2) is 13.1 Å². The molecule has 1 rings (SSSR count). The molecule has 0 aliphatic carbocycles. The Morgan fingerprint density at radius 2 is 2.00 bits per heavy atom. The van der Waals surface area contributed by atoms with E-state index in [-0.39, 0.29) is 11.2 Å². The Morgan fingerprint density at radius 1 is 1.26 bits per heavy atom. The summed E-state index contributed by atoms with van der Waals surface area (Å²) in [5.74, 6) is -0.151. The zero-order valence-electron chi connectivity index (χ0n) is 12.2. The maximum atomic E-state index is 13.8. The van der Waals surface area contributed by atoms with Crippen molar-refractivity contribution < 1.29 is 4.39 Å². The van der Waals surface area contributed by atoms with Crippen LogP contribution in [0.1, 0.15) is 45.6 Å². The Kier molecular flexibility index (Phi) is 6.81. The highest BCUT2D eigenvalue weighted by Gasteiger charge is 2.24. The Balaban J connectivity index is 2.78. The standard InChI is InChI=1S/C16H25ClFN/c1-4-8-16(3,12-19-9-5-2)11-13-10-14(17)6-7-15(13)18/h6-7,10,19H,4-5,8-9,11-12H2,1-3H3. The quantitative estimate of drug-likeness (QED) is 0.675. The first-order chi connectivity index (χ1) is 9.00. The third-order valence-electron chi connectivity index (χ3n) is 3.46. The molecular weight excluding hydrogens is 261 g/mol. The number of benzene rings is 1. The lowest BCUT2D eigenvalue weighted by Gasteiger charge is -2.30. The lowest BCUT2D eigenvalue weighted by molar-refractivity contribution is 0.272. The molecule has 0 saturated heterocycles. The molecule has 0 radical (unpaired) electrons. The largest absolute Gasteiger partial charge is 0.316 e. The van der Waals surface area contributed by atoms with Crippen LogP contribution >= 0.6 is 11.6 Å². The molecule has 0 heterocycles. The van der Waals surface area contributed by atoms with Gasteiger partial charge in [-0.05, 0) is 55.0 Å². The van der Waals surface area contributed by atoms with Crippen LogP contribution in [0.25, 0.3) is 0 Å². The molecule has 1 unspecified atom stereocenters. The van der Waals surface area contributed by atoms with Crippen LogP contribution < -0.4 is 5.32 Å². The van der Waals surface area contributed by atoms with Gasteiger partial charge in [-0.25, -0.2) is 4.39 Å². The first kappa shape index (κ1) is 16.5. The smallest absolute Gasteiger partial charge is 0.126 e. The summed E-state index contributed by atoms with van der Waals surface area (Å²) in [7, 11) is 0. The minimum absolute atomic E-state index is 0.0788. The Morgan fingerprint density at radius 3 is 2.63 bits per heavy atom. The van der Waals surface area contributed by atoms with Gasteiger partial charge in [-0.3, -0.25) is 0 Å². The fraction of sp³-hybridized carbons (Fsp3) is 0.625. The highest BCUT2D eigenvalue weighted by atomic mass is 35.5. The third-order valence-corrected chi connectivity index (χ3v) is 3.69. The van der Waals surface area contributed by atoms with Gasteiger partial charge in [0.15, 0.2) is 0 Å². The van der Waals surface area contributed by atoms with Crippen LogP contribution in [0.4, 0.5) is 4.39 Å². The fourth-order valence-corrected chi connectivity index (χ4v) is 2.74. The van der Waals surface area contributed by atoms with E-state index in [9.17, 15) is 4.39 Å². The first-order valence-electron chi connectivity index (χ1n) is 7.15. The predicted molar refractivity (Wildman–Crippen MR) is 81.3 cm³/mol. The van der Waals surface area contributed by atoms with Gasteiger partial charge in [-0.1, -0.05) is 38.8 Å². The lowest BCUT2D eigenvalue weighted by atomic mass is 9.79. The minimum Gasteiger partial charge on any atom is -0.316 e. The molecule has 0 aromatic heterocycles. The maximum Gasteiger partial charge on any atom is 0.126 e. The average Bonchev–Trinajstić information content (AvgIpc) is 2.34. The van der Waals surface area contributed by atoms with Crippen molar-refractivity contribution >= 4 is 11.6 Å². The van der Waals surface area contributed by atoms with Crippen LogP contribution in [0.5, 0.6) is 0 Å². The monoisotopic (exact) mass is 285 g/mol. The van der Waals surface area contributed by atoms with Gasteiger partial charge >= 0.3 is 0 Å². The summed E-state index contributed by atoms with van der Waals surface area (Å²) in [5.41, 5.74) is 0.803. The molecule has 108 valence electrons. The topological polar surface area (TPSA) is 12.0 Å². The molecule has 1 aromatic carbocycles. The van der Waals surface area contributed by atoms with E-state index in [4.69, 9.17) is 11.6 Å². The molecule has 0 fully saturated rings. The van der Waals surface area contributed by atoms with Gasteiger partial charge < -0.3 is 5.32 Å². The lowest BCUT2D eigenvalue weighted by Crippen LogP contribution is -2.34. The fourth-order valence-electron chi connectivity index (χ4n) is 2.55. The summed E-state index contributed by atoms with van der Waals surface area (Å²) in [6.07, 6.45) is 4.03. The molecule has 19 heavy (non-hydrogen) atoms. The molecule has 0 amide bonds. The van der Waals surface area contributed by atoms with Crippen LogP contribution in [0.2, 0.25) is 5.02 Å². The zero-order chi connectivity index (χ0) is 14.3. The SMILES string of the molecule is CCCNCC(C)(CCC)Cc1cc(Cl)ccc1F. The van der Waals surface area contributed by atoms with Crippen molar-refractivity contribution in [2.24, 2.45) is 5.41 Å². The molecule has 0 bridgehead atoms. The van der Waals surface area contributed by atoms with E-state index in [0.29, 0.717) is 5.02 Å². The predicted octanol–water partition coefficient (Wildman–Crippen LogP) is 4.83. The van der Waals surface area contributed by atoms with Crippen molar-refractivity contribution in [3.05, 3.63) is 34.6 Å². The third kappa shape index (κ3) is 5.50. The Labute approximate surface area is 121 Å². The van der Waals surface area contributed by atoms with Crippen molar-refractivity contribution in [2.45, 2.75) is 46.5 Å². The molecule has 1 aromatic rings. The summed E-state index contributed by atoms with van der Waals surface area (Å²) in [6.45, 7) is 8.48. The van der Waals surface area contributed by atoms with Crippen molar-refractivity contribution in [1.82, 2.24) is 5.32 Å². The van der Waals surface area contributed by atoms with Crippen molar-refractivity contribution in [3.63, 3.8) is 0 Å². The summed E-state index contributed by atoms with van der Waals surface area (Å²) >= 11 is 5.97. The van der Waals surface area contributed by atoms with Gasteiger partial charge in [0, 0.05) is 11.6 Å². The molecule has 1 atom stereocenters. The molecular formula is C16H25ClFN. The number of nitrogens with one attached hydrogen (secondary N) is 1. The highest BCUT2D eigenvalue weighted by Crippen LogP contribution is 2.29. The number of rotatable bonds is 8. The van der Waals surface area contributed by atoms with Crippen molar-refractivity contribution in [3.8, 4) is 0 Å². The van der Waals surface area contributed by atoms with E-state index in [1.807, 2.05) is 0 Å². The summed E-state index contributed by atoms with van der Waals surface area (Å²) in [5, 5.41) is 4.07. The Hall–Kier alpha value is -0.600. The second-order valence-electron chi connectivity index (χ2n) is 5.65. The Bertz CT molecular complexity index is 394. The number of hydrogen-bond acceptors (Lipinski definition) is 1. The van der Waals surface area contributed by atoms with Gasteiger partial charge in [0.05, 0.1) is 0 Å². The van der Waals surface area contributed by atoms with Crippen LogP contribution in [0.3, 0.4) is 0 Å².